The van der Waals surface area contributed by atoms with Crippen molar-refractivity contribution in [2.45, 2.75) is 26.1 Å². The molecule has 3 rings (SSSR count). The summed E-state index contributed by atoms with van der Waals surface area (Å²) in [6, 6.07) is 4.67. The number of methoxy groups -OCH3 is 1. The first-order valence-corrected chi connectivity index (χ1v) is 8.13. The van der Waals surface area contributed by atoms with E-state index in [1.807, 2.05) is 0 Å². The third-order valence-corrected chi connectivity index (χ3v) is 4.22. The summed E-state index contributed by atoms with van der Waals surface area (Å²) in [7, 11) is 3.01. The van der Waals surface area contributed by atoms with Crippen molar-refractivity contribution < 1.29 is 23.0 Å². The Balaban J connectivity index is 0.00000261. The van der Waals surface area contributed by atoms with Crippen molar-refractivity contribution in [1.82, 2.24) is 20.4 Å². The van der Waals surface area contributed by atoms with E-state index in [4.69, 9.17) is 4.74 Å². The first kappa shape index (κ1) is 20.9. The highest BCUT2D eigenvalue weighted by atomic mass is 35.5. The molecule has 2 N–H and O–H groups in total. The van der Waals surface area contributed by atoms with Crippen LogP contribution in [0.15, 0.2) is 18.2 Å². The molecule has 7 nitrogen and oxygen atoms in total. The number of carbonyl (C=O) groups excluding carboxylic acids is 1. The molecule has 0 unspecified atom stereocenters. The van der Waals surface area contributed by atoms with Crippen LogP contribution in [0.2, 0.25) is 0 Å². The normalized spacial score (nSPS) is 12.9. The summed E-state index contributed by atoms with van der Waals surface area (Å²) < 4.78 is 34.6. The van der Waals surface area contributed by atoms with Crippen LogP contribution >= 0.6 is 12.4 Å². The minimum Gasteiger partial charge on any atom is -0.493 e. The SMILES string of the molecule is COc1ccc(CN(C)C(=O)c2n[nH]c3c2CNCC3)cc1OC(F)F.Cl. The van der Waals surface area contributed by atoms with E-state index < -0.39 is 6.61 Å². The van der Waals surface area contributed by atoms with Crippen LogP contribution < -0.4 is 14.8 Å². The van der Waals surface area contributed by atoms with E-state index in [0.29, 0.717) is 17.8 Å². The lowest BCUT2D eigenvalue weighted by molar-refractivity contribution is -0.0512. The number of fused-ring (bicyclic) bond motifs is 1. The van der Waals surface area contributed by atoms with Gasteiger partial charge in [0.2, 0.25) is 0 Å². The fourth-order valence-corrected chi connectivity index (χ4v) is 2.94. The Kier molecular flexibility index (Phi) is 6.98. The van der Waals surface area contributed by atoms with Gasteiger partial charge in [0.05, 0.1) is 7.11 Å². The Morgan fingerprint density at radius 3 is 2.85 bits per heavy atom. The number of amides is 1. The van der Waals surface area contributed by atoms with Crippen LogP contribution in [0.5, 0.6) is 11.5 Å². The van der Waals surface area contributed by atoms with Crippen LogP contribution in [0.1, 0.15) is 27.3 Å². The molecule has 1 aliphatic heterocycles. The van der Waals surface area contributed by atoms with Gasteiger partial charge in [-0.3, -0.25) is 9.89 Å². The Labute approximate surface area is 161 Å². The highest BCUT2D eigenvalue weighted by Crippen LogP contribution is 2.30. The van der Waals surface area contributed by atoms with Crippen molar-refractivity contribution in [3.63, 3.8) is 0 Å². The first-order valence-electron chi connectivity index (χ1n) is 8.13. The standard InChI is InChI=1S/C17H20F2N4O3.ClH/c1-23(16(24)15-11-8-20-6-5-12(11)21-22-15)9-10-3-4-13(25-2)14(7-10)26-17(18)19;/h3-4,7,17,20H,5-6,8-9H2,1-2H3,(H,21,22);1H. The molecule has 0 saturated heterocycles. The number of halogens is 3. The number of hydrogen-bond donors (Lipinski definition) is 2. The van der Waals surface area contributed by atoms with E-state index in [2.05, 4.69) is 20.3 Å². The predicted octanol–water partition coefficient (Wildman–Crippen LogP) is 2.36. The van der Waals surface area contributed by atoms with Gasteiger partial charge in [0.15, 0.2) is 17.2 Å². The second-order valence-corrected chi connectivity index (χ2v) is 5.98. The Morgan fingerprint density at radius 2 is 2.15 bits per heavy atom. The van der Waals surface area contributed by atoms with E-state index >= 15 is 0 Å². The molecule has 10 heteroatoms. The summed E-state index contributed by atoms with van der Waals surface area (Å²) in [5.41, 5.74) is 2.87. The molecule has 0 aliphatic carbocycles. The lowest BCUT2D eigenvalue weighted by Crippen LogP contribution is -2.30. The van der Waals surface area contributed by atoms with Crippen molar-refractivity contribution >= 4 is 18.3 Å². The summed E-state index contributed by atoms with van der Waals surface area (Å²) in [6.07, 6.45) is 0.798. The molecule has 0 atom stereocenters. The van der Waals surface area contributed by atoms with Crippen molar-refractivity contribution in [2.24, 2.45) is 0 Å². The van der Waals surface area contributed by atoms with Gasteiger partial charge in [0, 0.05) is 44.4 Å². The number of hydrogen-bond acceptors (Lipinski definition) is 5. The second-order valence-electron chi connectivity index (χ2n) is 5.98. The maximum atomic E-state index is 12.7. The maximum Gasteiger partial charge on any atom is 0.387 e. The molecule has 0 saturated carbocycles. The van der Waals surface area contributed by atoms with Gasteiger partial charge in [-0.1, -0.05) is 6.07 Å². The number of aromatic nitrogens is 2. The van der Waals surface area contributed by atoms with Gasteiger partial charge in [0.25, 0.3) is 5.91 Å². The molecular formula is C17H21ClF2N4O3. The first-order chi connectivity index (χ1) is 12.5. The molecule has 2 heterocycles. The molecule has 148 valence electrons. The summed E-state index contributed by atoms with van der Waals surface area (Å²) in [4.78, 5) is 14.2. The van der Waals surface area contributed by atoms with E-state index in [9.17, 15) is 13.6 Å². The van der Waals surface area contributed by atoms with Crippen LogP contribution in [0.4, 0.5) is 8.78 Å². The monoisotopic (exact) mass is 402 g/mol. The van der Waals surface area contributed by atoms with E-state index in [0.717, 1.165) is 24.2 Å². The van der Waals surface area contributed by atoms with Crippen LogP contribution in [0, 0.1) is 0 Å². The van der Waals surface area contributed by atoms with Gasteiger partial charge in [0.1, 0.15) is 0 Å². The molecule has 1 aromatic heterocycles. The van der Waals surface area contributed by atoms with Crippen LogP contribution in [-0.4, -0.2) is 48.3 Å². The highest BCUT2D eigenvalue weighted by Gasteiger charge is 2.24. The van der Waals surface area contributed by atoms with Gasteiger partial charge in [-0.15, -0.1) is 12.4 Å². The molecule has 0 spiro atoms. The number of carbonyl (C=O) groups is 1. The second kappa shape index (κ2) is 9.01. The quantitative estimate of drug-likeness (QED) is 0.775. The molecule has 0 radical (unpaired) electrons. The lowest BCUT2D eigenvalue weighted by Gasteiger charge is -2.19. The maximum absolute atomic E-state index is 12.7. The fraction of sp³-hybridized carbons (Fsp3) is 0.412. The molecule has 27 heavy (non-hydrogen) atoms. The van der Waals surface area contributed by atoms with Gasteiger partial charge in [-0.05, 0) is 17.7 Å². The lowest BCUT2D eigenvalue weighted by atomic mass is 10.1. The molecule has 1 aliphatic rings. The van der Waals surface area contributed by atoms with Crippen LogP contribution in [-0.2, 0) is 19.5 Å². The van der Waals surface area contributed by atoms with Crippen molar-refractivity contribution in [2.75, 3.05) is 20.7 Å². The zero-order valence-corrected chi connectivity index (χ0v) is 15.7. The Hall–Kier alpha value is -2.39. The minimum absolute atomic E-state index is 0. The van der Waals surface area contributed by atoms with E-state index in [1.165, 1.54) is 24.1 Å². The highest BCUT2D eigenvalue weighted by molar-refractivity contribution is 5.93. The van der Waals surface area contributed by atoms with E-state index in [-0.39, 0.29) is 36.4 Å². The molecule has 0 bridgehead atoms. The number of nitrogens with zero attached hydrogens (tertiary/aromatic N) is 2. The fourth-order valence-electron chi connectivity index (χ4n) is 2.94. The predicted molar refractivity (Wildman–Crippen MR) is 96.7 cm³/mol. The van der Waals surface area contributed by atoms with Gasteiger partial charge < -0.3 is 19.7 Å². The third kappa shape index (κ3) is 4.67. The molecule has 1 amide bonds. The molecule has 2 aromatic rings. The number of aromatic amines is 1. The van der Waals surface area contributed by atoms with Crippen molar-refractivity contribution in [3.8, 4) is 11.5 Å². The smallest absolute Gasteiger partial charge is 0.387 e. The number of nitrogens with one attached hydrogen (secondary N) is 2. The Morgan fingerprint density at radius 1 is 1.37 bits per heavy atom. The molecular weight excluding hydrogens is 382 g/mol. The topological polar surface area (TPSA) is 79.5 Å². The zero-order chi connectivity index (χ0) is 18.7. The van der Waals surface area contributed by atoms with Crippen molar-refractivity contribution in [3.05, 3.63) is 40.7 Å². The average molecular weight is 403 g/mol. The summed E-state index contributed by atoms with van der Waals surface area (Å²) in [5.74, 6) is -0.101. The summed E-state index contributed by atoms with van der Waals surface area (Å²) >= 11 is 0. The van der Waals surface area contributed by atoms with E-state index in [1.54, 1.807) is 13.1 Å². The largest absolute Gasteiger partial charge is 0.493 e. The number of rotatable bonds is 6. The molecule has 0 fully saturated rings. The number of benzene rings is 1. The van der Waals surface area contributed by atoms with Gasteiger partial charge in [-0.25, -0.2) is 0 Å². The van der Waals surface area contributed by atoms with Crippen molar-refractivity contribution in [1.29, 1.82) is 0 Å². The number of H-pyrrole nitrogens is 1. The minimum atomic E-state index is -2.96. The summed E-state index contributed by atoms with van der Waals surface area (Å²) in [6.45, 7) is -1.30. The third-order valence-electron chi connectivity index (χ3n) is 4.22. The number of ether oxygens (including phenoxy) is 2. The number of alkyl halides is 2. The van der Waals surface area contributed by atoms with Gasteiger partial charge >= 0.3 is 6.61 Å². The van der Waals surface area contributed by atoms with Crippen LogP contribution in [0.3, 0.4) is 0 Å². The summed E-state index contributed by atoms with van der Waals surface area (Å²) in [5, 5.41) is 10.3. The molecule has 1 aromatic carbocycles. The van der Waals surface area contributed by atoms with Gasteiger partial charge in [-0.2, -0.15) is 13.9 Å². The Bertz CT molecular complexity index is 800. The van der Waals surface area contributed by atoms with Crippen LogP contribution in [0.25, 0.3) is 0 Å². The average Bonchev–Trinajstić information content (AvgIpc) is 3.05. The zero-order valence-electron chi connectivity index (χ0n) is 14.9.